The van der Waals surface area contributed by atoms with Crippen LogP contribution < -0.4 is 10.2 Å². The van der Waals surface area contributed by atoms with Gasteiger partial charge in [0.1, 0.15) is 0 Å². The number of aryl methyl sites for hydroxylation is 2. The van der Waals surface area contributed by atoms with Gasteiger partial charge in [0.05, 0.1) is 11.4 Å². The molecule has 0 bridgehead atoms. The lowest BCUT2D eigenvalue weighted by Gasteiger charge is -2.19. The first kappa shape index (κ1) is 10.0. The van der Waals surface area contributed by atoms with Crippen molar-refractivity contribution in [3.63, 3.8) is 0 Å². The van der Waals surface area contributed by atoms with Crippen LogP contribution in [0.3, 0.4) is 0 Å². The number of fused-ring (bicyclic) bond motifs is 1. The van der Waals surface area contributed by atoms with Crippen molar-refractivity contribution in [2.24, 2.45) is 0 Å². The van der Waals surface area contributed by atoms with Crippen LogP contribution in [0.15, 0.2) is 12.1 Å². The molecule has 1 aliphatic rings. The van der Waals surface area contributed by atoms with Gasteiger partial charge in [-0.2, -0.15) is 0 Å². The summed E-state index contributed by atoms with van der Waals surface area (Å²) < 4.78 is 0. The van der Waals surface area contributed by atoms with Gasteiger partial charge in [-0.1, -0.05) is 6.07 Å². The van der Waals surface area contributed by atoms with Crippen LogP contribution in [0.4, 0.5) is 11.4 Å². The lowest BCUT2D eigenvalue weighted by Crippen LogP contribution is -2.25. The van der Waals surface area contributed by atoms with Crippen LogP contribution in [0.2, 0.25) is 0 Å². The standard InChI is InChI=1S/C12H16N2O/c1-8-6-9(2)12-10(7-8)14(3)11(15)4-5-13-12/h6-7,13H,4-5H2,1-3H3. The van der Waals surface area contributed by atoms with Gasteiger partial charge in [0.15, 0.2) is 0 Å². The summed E-state index contributed by atoms with van der Waals surface area (Å²) in [5, 5.41) is 3.32. The summed E-state index contributed by atoms with van der Waals surface area (Å²) >= 11 is 0. The molecular weight excluding hydrogens is 188 g/mol. The van der Waals surface area contributed by atoms with Crippen molar-refractivity contribution in [3.05, 3.63) is 23.3 Å². The van der Waals surface area contributed by atoms with Crippen molar-refractivity contribution in [1.29, 1.82) is 0 Å². The number of amides is 1. The Kier molecular flexibility index (Phi) is 2.39. The highest BCUT2D eigenvalue weighted by Crippen LogP contribution is 2.32. The number of anilines is 2. The van der Waals surface area contributed by atoms with Crippen molar-refractivity contribution in [1.82, 2.24) is 0 Å². The molecule has 3 heteroatoms. The fourth-order valence-electron chi connectivity index (χ4n) is 2.04. The molecule has 0 saturated heterocycles. The number of nitrogens with zero attached hydrogens (tertiary/aromatic N) is 1. The fourth-order valence-corrected chi connectivity index (χ4v) is 2.04. The zero-order valence-electron chi connectivity index (χ0n) is 9.42. The predicted molar refractivity (Wildman–Crippen MR) is 62.4 cm³/mol. The van der Waals surface area contributed by atoms with E-state index in [1.165, 1.54) is 11.1 Å². The minimum Gasteiger partial charge on any atom is -0.383 e. The third kappa shape index (κ3) is 1.69. The topological polar surface area (TPSA) is 32.3 Å². The predicted octanol–water partition coefficient (Wildman–Crippen LogP) is 2.08. The van der Waals surface area contributed by atoms with Crippen LogP contribution in [0.1, 0.15) is 17.5 Å². The maximum atomic E-state index is 11.7. The molecular formula is C12H16N2O. The summed E-state index contributed by atoms with van der Waals surface area (Å²) in [6.07, 6.45) is 0.559. The molecule has 0 fully saturated rings. The van der Waals surface area contributed by atoms with Gasteiger partial charge in [-0.3, -0.25) is 4.79 Å². The summed E-state index contributed by atoms with van der Waals surface area (Å²) in [6, 6.07) is 4.19. The lowest BCUT2D eigenvalue weighted by atomic mass is 10.1. The Morgan fingerprint density at radius 2 is 2.07 bits per heavy atom. The highest BCUT2D eigenvalue weighted by molar-refractivity contribution is 5.98. The number of hydrogen-bond acceptors (Lipinski definition) is 2. The maximum absolute atomic E-state index is 11.7. The highest BCUT2D eigenvalue weighted by Gasteiger charge is 2.19. The number of nitrogens with one attached hydrogen (secondary N) is 1. The van der Waals surface area contributed by atoms with Crippen molar-refractivity contribution in [2.75, 3.05) is 23.8 Å². The van der Waals surface area contributed by atoms with Gasteiger partial charge in [-0.15, -0.1) is 0 Å². The number of rotatable bonds is 0. The first-order valence-corrected chi connectivity index (χ1v) is 5.21. The van der Waals surface area contributed by atoms with E-state index in [0.717, 1.165) is 17.9 Å². The molecule has 0 saturated carbocycles. The van der Waals surface area contributed by atoms with Gasteiger partial charge in [0, 0.05) is 20.0 Å². The van der Waals surface area contributed by atoms with E-state index in [0.29, 0.717) is 6.42 Å². The quantitative estimate of drug-likeness (QED) is 0.701. The molecule has 80 valence electrons. The molecule has 1 N–H and O–H groups in total. The maximum Gasteiger partial charge on any atom is 0.228 e. The monoisotopic (exact) mass is 204 g/mol. The molecule has 3 nitrogen and oxygen atoms in total. The van der Waals surface area contributed by atoms with Crippen LogP contribution in [-0.4, -0.2) is 19.5 Å². The molecule has 0 atom stereocenters. The van der Waals surface area contributed by atoms with E-state index in [1.807, 2.05) is 7.05 Å². The summed E-state index contributed by atoms with van der Waals surface area (Å²) in [7, 11) is 1.84. The van der Waals surface area contributed by atoms with Crippen LogP contribution in [0.5, 0.6) is 0 Å². The molecule has 2 rings (SSSR count). The van der Waals surface area contributed by atoms with Gasteiger partial charge in [-0.25, -0.2) is 0 Å². The summed E-state index contributed by atoms with van der Waals surface area (Å²) in [6.45, 7) is 4.85. The molecule has 0 aliphatic carbocycles. The first-order chi connectivity index (χ1) is 7.09. The zero-order chi connectivity index (χ0) is 11.0. The van der Waals surface area contributed by atoms with E-state index in [2.05, 4.69) is 31.3 Å². The number of benzene rings is 1. The van der Waals surface area contributed by atoms with E-state index in [4.69, 9.17) is 0 Å². The zero-order valence-corrected chi connectivity index (χ0v) is 9.42. The van der Waals surface area contributed by atoms with E-state index >= 15 is 0 Å². The van der Waals surface area contributed by atoms with Crippen LogP contribution in [-0.2, 0) is 4.79 Å². The van der Waals surface area contributed by atoms with E-state index in [1.54, 1.807) is 4.90 Å². The Bertz CT molecular complexity index is 412. The van der Waals surface area contributed by atoms with E-state index in [9.17, 15) is 4.79 Å². The fraction of sp³-hybridized carbons (Fsp3) is 0.417. The molecule has 1 aromatic rings. The van der Waals surface area contributed by atoms with Gasteiger partial charge in [0.25, 0.3) is 0 Å². The van der Waals surface area contributed by atoms with Crippen molar-refractivity contribution < 1.29 is 4.79 Å². The van der Waals surface area contributed by atoms with Crippen molar-refractivity contribution in [3.8, 4) is 0 Å². The van der Waals surface area contributed by atoms with Crippen molar-refractivity contribution in [2.45, 2.75) is 20.3 Å². The second-order valence-corrected chi connectivity index (χ2v) is 4.11. The average Bonchev–Trinajstić information content (AvgIpc) is 2.30. The van der Waals surface area contributed by atoms with Gasteiger partial charge < -0.3 is 10.2 Å². The van der Waals surface area contributed by atoms with Crippen molar-refractivity contribution >= 4 is 17.3 Å². The number of carbonyl (C=O) groups is 1. The Morgan fingerprint density at radius 3 is 2.80 bits per heavy atom. The third-order valence-electron chi connectivity index (χ3n) is 2.84. The largest absolute Gasteiger partial charge is 0.383 e. The molecule has 1 amide bonds. The van der Waals surface area contributed by atoms with Gasteiger partial charge >= 0.3 is 0 Å². The number of hydrogen-bond donors (Lipinski definition) is 1. The second-order valence-electron chi connectivity index (χ2n) is 4.11. The lowest BCUT2D eigenvalue weighted by molar-refractivity contribution is -0.118. The molecule has 0 aromatic heterocycles. The Labute approximate surface area is 90.1 Å². The smallest absolute Gasteiger partial charge is 0.228 e. The highest BCUT2D eigenvalue weighted by atomic mass is 16.2. The third-order valence-corrected chi connectivity index (χ3v) is 2.84. The Balaban J connectivity index is 2.58. The molecule has 15 heavy (non-hydrogen) atoms. The minimum absolute atomic E-state index is 0.172. The molecule has 0 unspecified atom stereocenters. The van der Waals surface area contributed by atoms with Crippen LogP contribution in [0.25, 0.3) is 0 Å². The molecule has 1 aliphatic heterocycles. The number of carbonyl (C=O) groups excluding carboxylic acids is 1. The van der Waals surface area contributed by atoms with Gasteiger partial charge in [-0.05, 0) is 31.0 Å². The minimum atomic E-state index is 0.172. The molecule has 1 heterocycles. The average molecular weight is 204 g/mol. The van der Waals surface area contributed by atoms with E-state index < -0.39 is 0 Å². The second kappa shape index (κ2) is 3.57. The van der Waals surface area contributed by atoms with Crippen LogP contribution in [0, 0.1) is 13.8 Å². The van der Waals surface area contributed by atoms with E-state index in [-0.39, 0.29) is 5.91 Å². The Morgan fingerprint density at radius 1 is 1.33 bits per heavy atom. The first-order valence-electron chi connectivity index (χ1n) is 5.21. The SMILES string of the molecule is Cc1cc(C)c2c(c1)N(C)C(=O)CCN2. The molecule has 0 spiro atoms. The summed E-state index contributed by atoms with van der Waals surface area (Å²) in [5.41, 5.74) is 4.48. The molecule has 1 aromatic carbocycles. The van der Waals surface area contributed by atoms with Crippen LogP contribution >= 0.6 is 0 Å². The summed E-state index contributed by atoms with van der Waals surface area (Å²) in [4.78, 5) is 13.4. The molecule has 0 radical (unpaired) electrons. The Hall–Kier alpha value is -1.51. The normalized spacial score (nSPS) is 15.7. The van der Waals surface area contributed by atoms with Gasteiger partial charge in [0.2, 0.25) is 5.91 Å². The summed E-state index contributed by atoms with van der Waals surface area (Å²) in [5.74, 6) is 0.172.